The number of hydrogen-bond acceptors (Lipinski definition) is 2. The van der Waals surface area contributed by atoms with Crippen molar-refractivity contribution in [2.75, 3.05) is 6.54 Å². The maximum Gasteiger partial charge on any atom is 0.0543 e. The second kappa shape index (κ2) is 6.18. The van der Waals surface area contributed by atoms with Crippen LogP contribution in [0, 0.1) is 5.92 Å². The molecule has 0 bridgehead atoms. The first-order valence-corrected chi connectivity index (χ1v) is 6.75. The number of nitrogens with one attached hydrogen (secondary N) is 1. The number of benzene rings is 1. The van der Waals surface area contributed by atoms with Gasteiger partial charge in [0.05, 0.1) is 6.10 Å². The first kappa shape index (κ1) is 12.6. The normalized spacial score (nSPS) is 24.1. The van der Waals surface area contributed by atoms with Gasteiger partial charge in [-0.25, -0.2) is 0 Å². The van der Waals surface area contributed by atoms with E-state index in [1.165, 1.54) is 17.5 Å². The Hall–Kier alpha value is -0.860. The van der Waals surface area contributed by atoms with Crippen LogP contribution in [0.25, 0.3) is 0 Å². The average molecular weight is 233 g/mol. The van der Waals surface area contributed by atoms with E-state index in [1.807, 2.05) is 0 Å². The highest BCUT2D eigenvalue weighted by Crippen LogP contribution is 2.24. The monoisotopic (exact) mass is 233 g/mol. The highest BCUT2D eigenvalue weighted by molar-refractivity contribution is 5.26. The van der Waals surface area contributed by atoms with Gasteiger partial charge in [-0.1, -0.05) is 31.2 Å². The van der Waals surface area contributed by atoms with E-state index in [0.29, 0.717) is 5.92 Å². The summed E-state index contributed by atoms with van der Waals surface area (Å²) in [5.74, 6) is 0.666. The third-order valence-electron chi connectivity index (χ3n) is 3.76. The summed E-state index contributed by atoms with van der Waals surface area (Å²) in [6.45, 7) is 4.19. The summed E-state index contributed by atoms with van der Waals surface area (Å²) >= 11 is 0. The van der Waals surface area contributed by atoms with Gasteiger partial charge >= 0.3 is 0 Å². The van der Waals surface area contributed by atoms with Crippen molar-refractivity contribution in [3.05, 3.63) is 35.4 Å². The van der Waals surface area contributed by atoms with Crippen LogP contribution >= 0.6 is 0 Å². The number of aryl methyl sites for hydroxylation is 1. The summed E-state index contributed by atoms with van der Waals surface area (Å²) < 4.78 is 0. The van der Waals surface area contributed by atoms with Crippen molar-refractivity contribution in [3.63, 3.8) is 0 Å². The first-order valence-electron chi connectivity index (χ1n) is 6.75. The maximum absolute atomic E-state index is 9.47. The van der Waals surface area contributed by atoms with Crippen molar-refractivity contribution < 1.29 is 5.11 Å². The lowest BCUT2D eigenvalue weighted by Gasteiger charge is -2.12. The summed E-state index contributed by atoms with van der Waals surface area (Å²) in [6, 6.07) is 8.62. The van der Waals surface area contributed by atoms with Crippen molar-refractivity contribution in [1.82, 2.24) is 5.32 Å². The molecule has 0 heterocycles. The molecule has 2 heteroatoms. The minimum Gasteiger partial charge on any atom is -0.393 e. The van der Waals surface area contributed by atoms with Crippen molar-refractivity contribution in [2.24, 2.45) is 5.92 Å². The highest BCUT2D eigenvalue weighted by Gasteiger charge is 2.21. The summed E-state index contributed by atoms with van der Waals surface area (Å²) in [7, 11) is 0. The fourth-order valence-corrected chi connectivity index (χ4v) is 2.72. The zero-order valence-corrected chi connectivity index (χ0v) is 10.7. The van der Waals surface area contributed by atoms with Crippen LogP contribution in [0.4, 0.5) is 0 Å². The molecule has 0 amide bonds. The molecular formula is C15H23NO. The first-order chi connectivity index (χ1) is 8.29. The molecule has 1 aliphatic rings. The zero-order chi connectivity index (χ0) is 12.1. The molecule has 2 N–H and O–H groups in total. The van der Waals surface area contributed by atoms with E-state index in [-0.39, 0.29) is 6.10 Å². The molecule has 1 aromatic rings. The van der Waals surface area contributed by atoms with Gasteiger partial charge in [-0.2, -0.15) is 0 Å². The van der Waals surface area contributed by atoms with Gasteiger partial charge in [0.1, 0.15) is 0 Å². The molecule has 17 heavy (non-hydrogen) atoms. The molecule has 1 fully saturated rings. The molecule has 1 aliphatic carbocycles. The second-order valence-corrected chi connectivity index (χ2v) is 5.09. The van der Waals surface area contributed by atoms with Gasteiger partial charge in [-0.3, -0.25) is 0 Å². The molecule has 1 aromatic carbocycles. The van der Waals surface area contributed by atoms with Crippen molar-refractivity contribution in [3.8, 4) is 0 Å². The molecule has 2 unspecified atom stereocenters. The quantitative estimate of drug-likeness (QED) is 0.819. The second-order valence-electron chi connectivity index (χ2n) is 5.09. The molecular weight excluding hydrogens is 210 g/mol. The molecule has 0 spiro atoms. The van der Waals surface area contributed by atoms with Crippen LogP contribution in [0.2, 0.25) is 0 Å². The number of hydrogen-bond donors (Lipinski definition) is 2. The molecule has 94 valence electrons. The fourth-order valence-electron chi connectivity index (χ4n) is 2.72. The molecule has 0 saturated heterocycles. The van der Waals surface area contributed by atoms with Gasteiger partial charge in [0.2, 0.25) is 0 Å². The Morgan fingerprint density at radius 3 is 2.65 bits per heavy atom. The Bertz CT molecular complexity index is 351. The van der Waals surface area contributed by atoms with Crippen LogP contribution in [0.15, 0.2) is 24.3 Å². The summed E-state index contributed by atoms with van der Waals surface area (Å²) in [6.07, 6.45) is 4.17. The van der Waals surface area contributed by atoms with Gasteiger partial charge in [0, 0.05) is 6.54 Å². The fraction of sp³-hybridized carbons (Fsp3) is 0.600. The van der Waals surface area contributed by atoms with Crippen molar-refractivity contribution in [2.45, 2.75) is 45.3 Å². The molecule has 2 atom stereocenters. The van der Waals surface area contributed by atoms with Gasteiger partial charge < -0.3 is 10.4 Å². The molecule has 2 nitrogen and oxygen atoms in total. The van der Waals surface area contributed by atoms with E-state index in [2.05, 4.69) is 36.5 Å². The van der Waals surface area contributed by atoms with E-state index in [9.17, 15) is 5.11 Å². The Balaban J connectivity index is 1.78. The average Bonchev–Trinajstić information content (AvgIpc) is 2.76. The Morgan fingerprint density at radius 2 is 2.00 bits per heavy atom. The summed E-state index contributed by atoms with van der Waals surface area (Å²) in [4.78, 5) is 0. The lowest BCUT2D eigenvalue weighted by Crippen LogP contribution is -2.22. The molecule has 0 aromatic heterocycles. The Labute approximate surface area is 104 Å². The number of aliphatic hydroxyl groups excluding tert-OH is 1. The van der Waals surface area contributed by atoms with Gasteiger partial charge in [0.25, 0.3) is 0 Å². The number of rotatable bonds is 5. The van der Waals surface area contributed by atoms with E-state index >= 15 is 0 Å². The number of aliphatic hydroxyl groups is 1. The lowest BCUT2D eigenvalue weighted by atomic mass is 10.0. The third kappa shape index (κ3) is 3.55. The predicted molar refractivity (Wildman–Crippen MR) is 70.9 cm³/mol. The minimum atomic E-state index is -0.0512. The molecule has 0 aliphatic heterocycles. The minimum absolute atomic E-state index is 0.0512. The Morgan fingerprint density at radius 1 is 1.24 bits per heavy atom. The molecule has 1 saturated carbocycles. The smallest absolute Gasteiger partial charge is 0.0543 e. The standard InChI is InChI=1S/C15H23NO/c1-2-13-5-3-4-6-14(13)11-16-10-12-7-8-15(17)9-12/h3-6,12,15-17H,2,7-11H2,1H3. The zero-order valence-electron chi connectivity index (χ0n) is 10.7. The van der Waals surface area contributed by atoms with E-state index in [0.717, 1.165) is 32.4 Å². The summed E-state index contributed by atoms with van der Waals surface area (Å²) in [5, 5.41) is 13.0. The van der Waals surface area contributed by atoms with Crippen LogP contribution in [-0.4, -0.2) is 17.8 Å². The maximum atomic E-state index is 9.47. The van der Waals surface area contributed by atoms with Crippen LogP contribution in [0.3, 0.4) is 0 Å². The molecule has 2 rings (SSSR count). The lowest BCUT2D eigenvalue weighted by molar-refractivity contribution is 0.177. The Kier molecular flexibility index (Phi) is 4.57. The van der Waals surface area contributed by atoms with Gasteiger partial charge in [0.15, 0.2) is 0 Å². The largest absolute Gasteiger partial charge is 0.393 e. The van der Waals surface area contributed by atoms with E-state index < -0.39 is 0 Å². The van der Waals surface area contributed by atoms with Gasteiger partial charge in [-0.15, -0.1) is 0 Å². The van der Waals surface area contributed by atoms with Gasteiger partial charge in [-0.05, 0) is 49.3 Å². The van der Waals surface area contributed by atoms with Crippen LogP contribution in [0.1, 0.15) is 37.3 Å². The predicted octanol–water partition coefficient (Wildman–Crippen LogP) is 2.50. The third-order valence-corrected chi connectivity index (χ3v) is 3.76. The van der Waals surface area contributed by atoms with Crippen molar-refractivity contribution >= 4 is 0 Å². The van der Waals surface area contributed by atoms with Crippen molar-refractivity contribution in [1.29, 1.82) is 0 Å². The summed E-state index contributed by atoms with van der Waals surface area (Å²) in [5.41, 5.74) is 2.85. The van der Waals surface area contributed by atoms with Crippen LogP contribution in [0.5, 0.6) is 0 Å². The SMILES string of the molecule is CCc1ccccc1CNCC1CCC(O)C1. The van der Waals surface area contributed by atoms with Crippen LogP contribution < -0.4 is 5.32 Å². The van der Waals surface area contributed by atoms with E-state index in [4.69, 9.17) is 0 Å². The van der Waals surface area contributed by atoms with Crippen LogP contribution in [-0.2, 0) is 13.0 Å². The molecule has 0 radical (unpaired) electrons. The highest BCUT2D eigenvalue weighted by atomic mass is 16.3. The van der Waals surface area contributed by atoms with E-state index in [1.54, 1.807) is 0 Å². The topological polar surface area (TPSA) is 32.3 Å².